The first-order valence-corrected chi connectivity index (χ1v) is 14.3. The van der Waals surface area contributed by atoms with E-state index >= 15 is 0 Å². The summed E-state index contributed by atoms with van der Waals surface area (Å²) in [4.78, 5) is 27.4. The molecule has 5 atom stereocenters. The van der Waals surface area contributed by atoms with Gasteiger partial charge in [0.25, 0.3) is 0 Å². The van der Waals surface area contributed by atoms with Gasteiger partial charge in [0.2, 0.25) is 5.91 Å². The van der Waals surface area contributed by atoms with Gasteiger partial charge in [0.1, 0.15) is 11.9 Å². The Labute approximate surface area is 222 Å². The molecule has 5 fully saturated rings. The fourth-order valence-electron chi connectivity index (χ4n) is 9.12. The van der Waals surface area contributed by atoms with E-state index in [1.54, 1.807) is 19.5 Å². The number of benzene rings is 1. The van der Waals surface area contributed by atoms with Gasteiger partial charge in [-0.25, -0.2) is 9.97 Å². The molecule has 3 aliphatic carbocycles. The quantitative estimate of drug-likeness (QED) is 0.597. The third-order valence-corrected chi connectivity index (χ3v) is 10.9. The minimum atomic E-state index is -0.0517. The Morgan fingerprint density at radius 2 is 2.00 bits per heavy atom. The molecular formula is C29H33ClN4O3. The molecule has 1 amide bonds. The lowest BCUT2D eigenvalue weighted by Crippen LogP contribution is -2.72. The molecule has 4 bridgehead atoms. The Kier molecular flexibility index (Phi) is 4.78. The Morgan fingerprint density at radius 3 is 2.78 bits per heavy atom. The van der Waals surface area contributed by atoms with Crippen LogP contribution in [-0.2, 0) is 23.1 Å². The number of aromatic nitrogens is 2. The monoisotopic (exact) mass is 520 g/mol. The van der Waals surface area contributed by atoms with E-state index in [1.165, 1.54) is 30.5 Å². The molecule has 7 nitrogen and oxygen atoms in total. The Hall–Kier alpha value is -2.38. The molecule has 2 saturated carbocycles. The Morgan fingerprint density at radius 1 is 1.16 bits per heavy atom. The van der Waals surface area contributed by atoms with E-state index < -0.39 is 0 Å². The number of rotatable bonds is 5. The second-order valence-corrected chi connectivity index (χ2v) is 12.6. The first kappa shape index (κ1) is 22.6. The highest BCUT2D eigenvalue weighted by Gasteiger charge is 2.74. The molecule has 194 valence electrons. The van der Waals surface area contributed by atoms with Crippen LogP contribution in [0.2, 0.25) is 5.02 Å². The van der Waals surface area contributed by atoms with Crippen LogP contribution in [0.5, 0.6) is 11.5 Å². The molecule has 8 heteroatoms. The molecule has 37 heavy (non-hydrogen) atoms. The van der Waals surface area contributed by atoms with Crippen LogP contribution >= 0.6 is 11.6 Å². The van der Waals surface area contributed by atoms with E-state index in [4.69, 9.17) is 21.1 Å². The summed E-state index contributed by atoms with van der Waals surface area (Å²) in [6.45, 7) is 3.13. The van der Waals surface area contributed by atoms with Crippen molar-refractivity contribution in [3.8, 4) is 11.5 Å². The number of halogens is 1. The predicted octanol–water partition coefficient (Wildman–Crippen LogP) is 3.80. The molecule has 9 rings (SSSR count). The fourth-order valence-corrected chi connectivity index (χ4v) is 9.21. The molecule has 3 saturated heterocycles. The van der Waals surface area contributed by atoms with E-state index in [2.05, 4.69) is 31.9 Å². The van der Waals surface area contributed by atoms with Crippen molar-refractivity contribution in [1.29, 1.82) is 0 Å². The molecule has 2 spiro atoms. The minimum absolute atomic E-state index is 0.0326. The van der Waals surface area contributed by atoms with Crippen LogP contribution in [0.1, 0.15) is 55.5 Å². The van der Waals surface area contributed by atoms with Crippen molar-refractivity contribution in [2.75, 3.05) is 26.7 Å². The summed E-state index contributed by atoms with van der Waals surface area (Å²) in [6, 6.07) is 4.95. The fraction of sp³-hybridized carbons (Fsp3) is 0.621. The number of nitrogens with zero attached hydrogens (tertiary/aromatic N) is 4. The van der Waals surface area contributed by atoms with Crippen LogP contribution in [-0.4, -0.2) is 70.6 Å². The number of ether oxygens (including phenoxy) is 2. The first-order chi connectivity index (χ1) is 18.0. The molecule has 4 aliphatic heterocycles. The molecule has 0 unspecified atom stereocenters. The second kappa shape index (κ2) is 7.82. The zero-order valence-electron chi connectivity index (χ0n) is 21.3. The van der Waals surface area contributed by atoms with Crippen molar-refractivity contribution in [1.82, 2.24) is 19.8 Å². The van der Waals surface area contributed by atoms with Gasteiger partial charge in [-0.2, -0.15) is 0 Å². The number of hydrogen-bond acceptors (Lipinski definition) is 6. The van der Waals surface area contributed by atoms with Crippen LogP contribution in [0.4, 0.5) is 0 Å². The normalized spacial score (nSPS) is 35.1. The van der Waals surface area contributed by atoms with E-state index in [0.717, 1.165) is 62.6 Å². The van der Waals surface area contributed by atoms with Crippen LogP contribution in [0.15, 0.2) is 24.5 Å². The summed E-state index contributed by atoms with van der Waals surface area (Å²) < 4.78 is 12.8. The standard InChI is InChI=1S/C29H33ClN4O3/c1-36-21-5-4-18-12-22-28-7-6-20(34(11-8-28)24(35)13-23-31-14-19(30)15-32-23)27-29(28,25(18)26(21)37-27)9-10-33(22)16-17-2-3-17/h4-5,14-15,17,20,22,27H,2-3,6-13,16H2,1H3/t20-,22+,27+,28-,29+/m1/s1. The topological polar surface area (TPSA) is 67.8 Å². The van der Waals surface area contributed by atoms with Crippen LogP contribution in [0.3, 0.4) is 0 Å². The number of methoxy groups -OCH3 is 1. The largest absolute Gasteiger partial charge is 0.493 e. The zero-order valence-corrected chi connectivity index (χ0v) is 22.0. The average Bonchev–Trinajstić information content (AvgIpc) is 3.69. The van der Waals surface area contributed by atoms with E-state index in [9.17, 15) is 4.79 Å². The summed E-state index contributed by atoms with van der Waals surface area (Å²) in [7, 11) is 1.74. The van der Waals surface area contributed by atoms with Crippen molar-refractivity contribution >= 4 is 17.5 Å². The lowest BCUT2D eigenvalue weighted by Gasteiger charge is -2.66. The molecular weight excluding hydrogens is 488 g/mol. The third kappa shape index (κ3) is 2.96. The van der Waals surface area contributed by atoms with Crippen LogP contribution in [0, 0.1) is 11.3 Å². The van der Waals surface area contributed by atoms with Crippen molar-refractivity contribution in [2.45, 2.75) is 75.0 Å². The smallest absolute Gasteiger partial charge is 0.230 e. The number of hydrogen-bond donors (Lipinski definition) is 0. The SMILES string of the molecule is COc1ccc2c3c1O[C@H]1[C@H]4CC[C@@]5(CCN4C(=O)Cc4ncc(Cl)cn4)[C@H](C2)N(CC2CC2)CC[C@]315. The number of amides is 1. The number of carbonyl (C=O) groups excluding carboxylic acids is 1. The molecule has 1 aromatic carbocycles. The van der Waals surface area contributed by atoms with Gasteiger partial charge in [0, 0.05) is 47.9 Å². The second-order valence-electron chi connectivity index (χ2n) is 12.1. The van der Waals surface area contributed by atoms with Gasteiger partial charge in [-0.1, -0.05) is 17.7 Å². The van der Waals surface area contributed by atoms with Crippen LogP contribution < -0.4 is 9.47 Å². The maximum atomic E-state index is 13.8. The van der Waals surface area contributed by atoms with Gasteiger partial charge in [-0.15, -0.1) is 0 Å². The molecule has 5 heterocycles. The lowest BCUT2D eigenvalue weighted by atomic mass is 9.42. The van der Waals surface area contributed by atoms with E-state index in [-0.39, 0.29) is 35.3 Å². The van der Waals surface area contributed by atoms with Crippen molar-refractivity contribution in [2.24, 2.45) is 11.3 Å². The van der Waals surface area contributed by atoms with E-state index in [1.807, 2.05) is 0 Å². The maximum absolute atomic E-state index is 13.8. The first-order valence-electron chi connectivity index (χ1n) is 13.9. The molecule has 7 aliphatic rings. The van der Waals surface area contributed by atoms with Gasteiger partial charge >= 0.3 is 0 Å². The highest BCUT2D eigenvalue weighted by molar-refractivity contribution is 6.30. The van der Waals surface area contributed by atoms with Crippen molar-refractivity contribution in [3.63, 3.8) is 0 Å². The lowest BCUT2D eigenvalue weighted by molar-refractivity contribution is -0.143. The molecule has 0 N–H and O–H groups in total. The maximum Gasteiger partial charge on any atom is 0.230 e. The predicted molar refractivity (Wildman–Crippen MR) is 138 cm³/mol. The summed E-state index contributed by atoms with van der Waals surface area (Å²) in [5.41, 5.74) is 2.93. The molecule has 0 radical (unpaired) electrons. The number of likely N-dealkylation sites (tertiary alicyclic amines) is 1. The summed E-state index contributed by atoms with van der Waals surface area (Å²) >= 11 is 5.98. The van der Waals surface area contributed by atoms with Gasteiger partial charge < -0.3 is 14.4 Å². The van der Waals surface area contributed by atoms with Gasteiger partial charge in [-0.05, 0) is 69.0 Å². The number of fused-ring (bicyclic) bond motifs is 3. The molecule has 2 aromatic rings. The van der Waals surface area contributed by atoms with Crippen LogP contribution in [0.25, 0.3) is 0 Å². The van der Waals surface area contributed by atoms with Gasteiger partial charge in [-0.3, -0.25) is 9.69 Å². The van der Waals surface area contributed by atoms with Crippen molar-refractivity contribution in [3.05, 3.63) is 46.5 Å². The van der Waals surface area contributed by atoms with Gasteiger partial charge in [0.15, 0.2) is 11.5 Å². The summed E-state index contributed by atoms with van der Waals surface area (Å²) in [6.07, 6.45) is 11.4. The Balaban J connectivity index is 1.23. The highest BCUT2D eigenvalue weighted by atomic mass is 35.5. The average molecular weight is 521 g/mol. The summed E-state index contributed by atoms with van der Waals surface area (Å²) in [5.74, 6) is 3.27. The third-order valence-electron chi connectivity index (χ3n) is 10.7. The Bertz CT molecular complexity index is 1280. The zero-order chi connectivity index (χ0) is 24.9. The highest BCUT2D eigenvalue weighted by Crippen LogP contribution is 2.71. The minimum Gasteiger partial charge on any atom is -0.493 e. The van der Waals surface area contributed by atoms with Crippen molar-refractivity contribution < 1.29 is 14.3 Å². The number of carbonyl (C=O) groups is 1. The van der Waals surface area contributed by atoms with Gasteiger partial charge in [0.05, 0.1) is 24.6 Å². The van der Waals surface area contributed by atoms with E-state index in [0.29, 0.717) is 16.9 Å². The summed E-state index contributed by atoms with van der Waals surface area (Å²) in [5, 5.41) is 0.483. The molecule has 1 aromatic heterocycles. The number of piperidine rings is 1.